The number of ether oxygens (including phenoxy) is 1. The van der Waals surface area contributed by atoms with E-state index in [2.05, 4.69) is 11.4 Å². The van der Waals surface area contributed by atoms with Gasteiger partial charge in [0.2, 0.25) is 0 Å². The molecule has 1 aliphatic carbocycles. The number of rotatable bonds is 5. The Morgan fingerprint density at radius 1 is 1.21 bits per heavy atom. The van der Waals surface area contributed by atoms with Gasteiger partial charge >= 0.3 is 5.97 Å². The Hall–Kier alpha value is -1.89. The molecule has 7 heteroatoms. The minimum absolute atomic E-state index is 0.0399. The van der Waals surface area contributed by atoms with Gasteiger partial charge in [0.25, 0.3) is 5.91 Å². The van der Waals surface area contributed by atoms with E-state index >= 15 is 0 Å². The van der Waals surface area contributed by atoms with Crippen molar-refractivity contribution < 1.29 is 22.7 Å². The van der Waals surface area contributed by atoms with E-state index in [0.29, 0.717) is 6.42 Å². The number of esters is 1. The van der Waals surface area contributed by atoms with Crippen LogP contribution in [0.4, 0.5) is 0 Å². The molecule has 0 saturated carbocycles. The van der Waals surface area contributed by atoms with Gasteiger partial charge in [-0.05, 0) is 42.4 Å². The third-order valence-corrected chi connectivity index (χ3v) is 6.24. The summed E-state index contributed by atoms with van der Waals surface area (Å²) < 4.78 is 27.7. The van der Waals surface area contributed by atoms with Crippen molar-refractivity contribution in [2.45, 2.75) is 38.1 Å². The second-order valence-electron chi connectivity index (χ2n) is 6.46. The van der Waals surface area contributed by atoms with E-state index in [1.54, 1.807) is 0 Å². The van der Waals surface area contributed by atoms with Crippen molar-refractivity contribution in [2.24, 2.45) is 0 Å². The molecule has 6 nitrogen and oxygen atoms in total. The Balaban J connectivity index is 1.43. The number of amides is 1. The molecule has 0 bridgehead atoms. The van der Waals surface area contributed by atoms with Gasteiger partial charge in [-0.2, -0.15) is 0 Å². The molecule has 1 N–H and O–H groups in total. The predicted molar refractivity (Wildman–Crippen MR) is 88.3 cm³/mol. The van der Waals surface area contributed by atoms with Crippen molar-refractivity contribution in [3.05, 3.63) is 34.9 Å². The standard InChI is InChI=1S/C17H21NO5S/c19-16(18-15-6-7-24(21,22)11-15)10-23-17(20)9-12-4-5-13-2-1-3-14(13)8-12/h4-5,8,15H,1-3,6-7,9-11H2,(H,18,19)/t15-/m0/s1. The first-order valence-corrected chi connectivity index (χ1v) is 9.99. The third kappa shape index (κ3) is 4.35. The Labute approximate surface area is 141 Å². The summed E-state index contributed by atoms with van der Waals surface area (Å²) in [6.07, 6.45) is 3.85. The number of hydrogen-bond donors (Lipinski definition) is 1. The van der Waals surface area contributed by atoms with Crippen molar-refractivity contribution >= 4 is 21.7 Å². The van der Waals surface area contributed by atoms with E-state index in [1.165, 1.54) is 11.1 Å². The lowest BCUT2D eigenvalue weighted by Crippen LogP contribution is -2.38. The van der Waals surface area contributed by atoms with Gasteiger partial charge in [0.15, 0.2) is 16.4 Å². The number of sulfone groups is 1. The minimum atomic E-state index is -3.04. The number of benzene rings is 1. The van der Waals surface area contributed by atoms with Gasteiger partial charge in [-0.3, -0.25) is 9.59 Å². The van der Waals surface area contributed by atoms with Crippen molar-refractivity contribution in [2.75, 3.05) is 18.1 Å². The molecule has 1 aromatic carbocycles. The van der Waals surface area contributed by atoms with Crippen LogP contribution in [0.2, 0.25) is 0 Å². The zero-order chi connectivity index (χ0) is 17.2. The van der Waals surface area contributed by atoms with Gasteiger partial charge in [0, 0.05) is 6.04 Å². The SMILES string of the molecule is O=C(COC(=O)Cc1ccc2c(c1)CCC2)N[C@H]1CCS(=O)(=O)C1. The van der Waals surface area contributed by atoms with Crippen molar-refractivity contribution in [3.8, 4) is 0 Å². The van der Waals surface area contributed by atoms with Crippen LogP contribution in [0.1, 0.15) is 29.5 Å². The van der Waals surface area contributed by atoms with Crippen LogP contribution in [0.3, 0.4) is 0 Å². The highest BCUT2D eigenvalue weighted by Crippen LogP contribution is 2.23. The minimum Gasteiger partial charge on any atom is -0.455 e. The fourth-order valence-corrected chi connectivity index (χ4v) is 4.95. The first kappa shape index (κ1) is 17.0. The lowest BCUT2D eigenvalue weighted by atomic mass is 10.0. The lowest BCUT2D eigenvalue weighted by Gasteiger charge is -2.11. The lowest BCUT2D eigenvalue weighted by molar-refractivity contribution is -0.148. The second-order valence-corrected chi connectivity index (χ2v) is 8.69. The van der Waals surface area contributed by atoms with Crippen LogP contribution < -0.4 is 5.32 Å². The molecule has 0 spiro atoms. The molecule has 1 atom stereocenters. The molecule has 130 valence electrons. The van der Waals surface area contributed by atoms with Crippen molar-refractivity contribution in [1.29, 1.82) is 0 Å². The number of carbonyl (C=O) groups excluding carboxylic acids is 2. The van der Waals surface area contributed by atoms with Gasteiger partial charge in [0.1, 0.15) is 0 Å². The molecule has 2 aliphatic rings. The molecule has 1 fully saturated rings. The summed E-state index contributed by atoms with van der Waals surface area (Å²) in [5.41, 5.74) is 3.53. The fraction of sp³-hybridized carbons (Fsp3) is 0.529. The number of carbonyl (C=O) groups is 2. The van der Waals surface area contributed by atoms with Crippen molar-refractivity contribution in [3.63, 3.8) is 0 Å². The summed E-state index contributed by atoms with van der Waals surface area (Å²) in [6.45, 7) is -0.375. The molecule has 3 rings (SSSR count). The van der Waals surface area contributed by atoms with E-state index in [-0.39, 0.29) is 30.6 Å². The van der Waals surface area contributed by atoms with E-state index in [4.69, 9.17) is 4.74 Å². The molecule has 1 amide bonds. The molecule has 1 heterocycles. The fourth-order valence-electron chi connectivity index (χ4n) is 3.28. The molecule has 0 aromatic heterocycles. The topological polar surface area (TPSA) is 89.5 Å². The van der Waals surface area contributed by atoms with Gasteiger partial charge in [-0.25, -0.2) is 8.42 Å². The maximum absolute atomic E-state index is 11.9. The molecule has 0 radical (unpaired) electrons. The number of fused-ring (bicyclic) bond motifs is 1. The Morgan fingerprint density at radius 2 is 2.00 bits per heavy atom. The predicted octanol–water partition coefficient (Wildman–Crippen LogP) is 0.564. The number of aryl methyl sites for hydroxylation is 2. The van der Waals surface area contributed by atoms with Crippen LogP contribution in [0.5, 0.6) is 0 Å². The summed E-state index contributed by atoms with van der Waals surface area (Å²) >= 11 is 0. The molecule has 1 aromatic rings. The van der Waals surface area contributed by atoms with E-state index in [0.717, 1.165) is 24.8 Å². The van der Waals surface area contributed by atoms with Gasteiger partial charge < -0.3 is 10.1 Å². The van der Waals surface area contributed by atoms with Gasteiger partial charge in [0.05, 0.1) is 17.9 Å². The summed E-state index contributed by atoms with van der Waals surface area (Å²) in [7, 11) is -3.04. The number of hydrogen-bond acceptors (Lipinski definition) is 5. The molecular weight excluding hydrogens is 330 g/mol. The maximum Gasteiger partial charge on any atom is 0.310 e. The zero-order valence-corrected chi connectivity index (χ0v) is 14.2. The molecule has 24 heavy (non-hydrogen) atoms. The highest BCUT2D eigenvalue weighted by molar-refractivity contribution is 7.91. The Kier molecular flexibility index (Phi) is 4.89. The average molecular weight is 351 g/mol. The largest absolute Gasteiger partial charge is 0.455 e. The van der Waals surface area contributed by atoms with E-state index in [9.17, 15) is 18.0 Å². The monoisotopic (exact) mass is 351 g/mol. The second kappa shape index (κ2) is 6.93. The van der Waals surface area contributed by atoms with Crippen LogP contribution in [0, 0.1) is 0 Å². The molecule has 1 aliphatic heterocycles. The highest BCUT2D eigenvalue weighted by Gasteiger charge is 2.29. The Bertz CT molecular complexity index is 756. The van der Waals surface area contributed by atoms with Crippen LogP contribution in [0.25, 0.3) is 0 Å². The first-order valence-electron chi connectivity index (χ1n) is 8.17. The van der Waals surface area contributed by atoms with Crippen LogP contribution in [-0.2, 0) is 43.4 Å². The van der Waals surface area contributed by atoms with Crippen LogP contribution in [0.15, 0.2) is 18.2 Å². The number of nitrogens with one attached hydrogen (secondary N) is 1. The van der Waals surface area contributed by atoms with Gasteiger partial charge in [-0.1, -0.05) is 18.2 Å². The normalized spacial score (nSPS) is 21.2. The third-order valence-electron chi connectivity index (χ3n) is 4.47. The van der Waals surface area contributed by atoms with Crippen LogP contribution in [-0.4, -0.2) is 44.4 Å². The highest BCUT2D eigenvalue weighted by atomic mass is 32.2. The molecular formula is C17H21NO5S. The molecule has 1 saturated heterocycles. The van der Waals surface area contributed by atoms with Gasteiger partial charge in [-0.15, -0.1) is 0 Å². The molecule has 0 unspecified atom stereocenters. The smallest absolute Gasteiger partial charge is 0.310 e. The summed E-state index contributed by atoms with van der Waals surface area (Å²) in [4.78, 5) is 23.6. The summed E-state index contributed by atoms with van der Waals surface area (Å²) in [6, 6.07) is 5.64. The zero-order valence-electron chi connectivity index (χ0n) is 13.4. The summed E-state index contributed by atoms with van der Waals surface area (Å²) in [5.74, 6) is -0.862. The van der Waals surface area contributed by atoms with Crippen LogP contribution >= 0.6 is 0 Å². The average Bonchev–Trinajstić information content (AvgIpc) is 3.11. The first-order chi connectivity index (χ1) is 11.4. The quantitative estimate of drug-likeness (QED) is 0.783. The summed E-state index contributed by atoms with van der Waals surface area (Å²) in [5, 5.41) is 2.59. The van der Waals surface area contributed by atoms with Crippen molar-refractivity contribution in [1.82, 2.24) is 5.32 Å². The van der Waals surface area contributed by atoms with E-state index < -0.39 is 21.7 Å². The Morgan fingerprint density at radius 3 is 2.75 bits per heavy atom. The van der Waals surface area contributed by atoms with E-state index in [1.807, 2.05) is 12.1 Å². The maximum atomic E-state index is 11.9.